The van der Waals surface area contributed by atoms with E-state index in [1.165, 1.54) is 0 Å². The lowest BCUT2D eigenvalue weighted by Gasteiger charge is -2.34. The first-order valence-electron chi connectivity index (χ1n) is 10.1. The van der Waals surface area contributed by atoms with Crippen LogP contribution in [-0.2, 0) is 18.4 Å². The summed E-state index contributed by atoms with van der Waals surface area (Å²) in [6, 6.07) is 12.2. The van der Waals surface area contributed by atoms with Crippen LogP contribution >= 0.6 is 0 Å². The maximum absolute atomic E-state index is 9.41. The highest BCUT2D eigenvalue weighted by atomic mass is 16.5. The number of aliphatic hydroxyl groups is 1. The van der Waals surface area contributed by atoms with Crippen LogP contribution in [0.25, 0.3) is 33.5 Å². The Balaban J connectivity index is 1.76. The fourth-order valence-corrected chi connectivity index (χ4v) is 4.05. The molecule has 0 unspecified atom stereocenters. The first-order chi connectivity index (χ1) is 14.7. The summed E-state index contributed by atoms with van der Waals surface area (Å²) in [7, 11) is 1.93. The summed E-state index contributed by atoms with van der Waals surface area (Å²) < 4.78 is 7.49. The summed E-state index contributed by atoms with van der Waals surface area (Å²) in [4.78, 5) is 7.33. The summed E-state index contributed by atoms with van der Waals surface area (Å²) >= 11 is 0. The number of rotatable bonds is 4. The Bertz CT molecular complexity index is 1170. The zero-order chi connectivity index (χ0) is 20.7. The molecular weight excluding hydrogens is 380 g/mol. The van der Waals surface area contributed by atoms with Crippen molar-refractivity contribution in [3.8, 4) is 22.5 Å². The molecule has 0 radical (unpaired) electrons. The SMILES string of the molecule is C[C@@H]1COCCN1c1cc(-c2ccc(CO)cc2)c2c(n1)c(-c1cc[nH]n1)nn2C. The molecule has 1 saturated heterocycles. The molecule has 1 fully saturated rings. The molecule has 154 valence electrons. The summed E-state index contributed by atoms with van der Waals surface area (Å²) in [5, 5.41) is 21.4. The second kappa shape index (κ2) is 7.55. The van der Waals surface area contributed by atoms with Gasteiger partial charge >= 0.3 is 0 Å². The quantitative estimate of drug-likeness (QED) is 0.543. The van der Waals surface area contributed by atoms with Gasteiger partial charge in [-0.05, 0) is 30.2 Å². The van der Waals surface area contributed by atoms with E-state index in [4.69, 9.17) is 14.8 Å². The first-order valence-corrected chi connectivity index (χ1v) is 10.1. The molecule has 30 heavy (non-hydrogen) atoms. The maximum atomic E-state index is 9.41. The lowest BCUT2D eigenvalue weighted by Crippen LogP contribution is -2.44. The number of H-pyrrole nitrogens is 1. The van der Waals surface area contributed by atoms with Crippen LogP contribution in [-0.4, -0.2) is 55.9 Å². The van der Waals surface area contributed by atoms with Gasteiger partial charge in [0.05, 0.1) is 31.4 Å². The van der Waals surface area contributed by atoms with Gasteiger partial charge in [0, 0.05) is 25.4 Å². The highest BCUT2D eigenvalue weighted by molar-refractivity contribution is 6.00. The average Bonchev–Trinajstić information content (AvgIpc) is 3.42. The average molecular weight is 404 g/mol. The molecule has 3 aromatic heterocycles. The molecule has 4 heterocycles. The van der Waals surface area contributed by atoms with Crippen molar-refractivity contribution >= 4 is 16.9 Å². The Hall–Kier alpha value is -3.23. The number of nitrogens with zero attached hydrogens (tertiary/aromatic N) is 5. The van der Waals surface area contributed by atoms with Gasteiger partial charge in [-0.3, -0.25) is 9.78 Å². The summed E-state index contributed by atoms with van der Waals surface area (Å²) in [6.45, 7) is 4.33. The minimum Gasteiger partial charge on any atom is -0.392 e. The van der Waals surface area contributed by atoms with Crippen molar-refractivity contribution in [1.82, 2.24) is 25.0 Å². The number of aryl methyl sites for hydroxylation is 1. The Morgan fingerprint density at radius 3 is 2.77 bits per heavy atom. The van der Waals surface area contributed by atoms with E-state index in [9.17, 15) is 5.11 Å². The monoisotopic (exact) mass is 404 g/mol. The second-order valence-electron chi connectivity index (χ2n) is 7.63. The predicted octanol–water partition coefficient (Wildman–Crippen LogP) is 2.74. The smallest absolute Gasteiger partial charge is 0.139 e. The Kier molecular flexibility index (Phi) is 4.72. The van der Waals surface area contributed by atoms with Crippen molar-refractivity contribution in [1.29, 1.82) is 0 Å². The minimum atomic E-state index is 0.0254. The molecule has 0 saturated carbocycles. The van der Waals surface area contributed by atoms with Gasteiger partial charge < -0.3 is 14.7 Å². The van der Waals surface area contributed by atoms with Gasteiger partial charge in [-0.2, -0.15) is 10.2 Å². The van der Waals surface area contributed by atoms with Gasteiger partial charge in [0.15, 0.2) is 0 Å². The number of anilines is 1. The van der Waals surface area contributed by atoms with E-state index in [0.29, 0.717) is 13.2 Å². The molecule has 0 spiro atoms. The number of pyridine rings is 1. The normalized spacial score (nSPS) is 17.0. The zero-order valence-corrected chi connectivity index (χ0v) is 17.0. The van der Waals surface area contributed by atoms with Crippen molar-refractivity contribution in [2.45, 2.75) is 19.6 Å². The summed E-state index contributed by atoms with van der Waals surface area (Å²) in [5.41, 5.74) is 6.28. The van der Waals surface area contributed by atoms with Gasteiger partial charge in [0.25, 0.3) is 0 Å². The van der Waals surface area contributed by atoms with E-state index in [0.717, 1.165) is 51.5 Å². The number of aliphatic hydroxyl groups excluding tert-OH is 1. The van der Waals surface area contributed by atoms with Crippen LogP contribution in [0, 0.1) is 0 Å². The number of aromatic nitrogens is 5. The molecule has 8 heteroatoms. The molecule has 0 bridgehead atoms. The maximum Gasteiger partial charge on any atom is 0.139 e. The molecule has 1 aliphatic rings. The molecule has 5 rings (SSSR count). The molecular formula is C22H24N6O2. The molecule has 1 aromatic carbocycles. The topological polar surface area (TPSA) is 92.1 Å². The highest BCUT2D eigenvalue weighted by Gasteiger charge is 2.25. The first kappa shape index (κ1) is 18.8. The van der Waals surface area contributed by atoms with Gasteiger partial charge in [0.2, 0.25) is 0 Å². The third-order valence-corrected chi connectivity index (χ3v) is 5.63. The number of ether oxygens (including phenoxy) is 1. The zero-order valence-electron chi connectivity index (χ0n) is 17.0. The fourth-order valence-electron chi connectivity index (χ4n) is 4.05. The van der Waals surface area contributed by atoms with Gasteiger partial charge in [-0.15, -0.1) is 0 Å². The van der Waals surface area contributed by atoms with Crippen LogP contribution in [0.15, 0.2) is 42.6 Å². The van der Waals surface area contributed by atoms with E-state index in [2.05, 4.69) is 28.1 Å². The van der Waals surface area contributed by atoms with Crippen LogP contribution in [0.5, 0.6) is 0 Å². The van der Waals surface area contributed by atoms with Gasteiger partial charge in [0.1, 0.15) is 22.7 Å². The van der Waals surface area contributed by atoms with Crippen LogP contribution in [0.1, 0.15) is 12.5 Å². The molecule has 2 N–H and O–H groups in total. The number of hydrogen-bond donors (Lipinski definition) is 2. The Labute approximate surface area is 174 Å². The highest BCUT2D eigenvalue weighted by Crippen LogP contribution is 2.36. The van der Waals surface area contributed by atoms with E-state index in [1.54, 1.807) is 6.20 Å². The van der Waals surface area contributed by atoms with Crippen molar-refractivity contribution in [3.05, 3.63) is 48.2 Å². The lowest BCUT2D eigenvalue weighted by molar-refractivity contribution is 0.0986. The molecule has 8 nitrogen and oxygen atoms in total. The van der Waals surface area contributed by atoms with Crippen LogP contribution in [0.2, 0.25) is 0 Å². The fraction of sp³-hybridized carbons (Fsp3) is 0.318. The van der Waals surface area contributed by atoms with Crippen LogP contribution in [0.4, 0.5) is 5.82 Å². The molecule has 0 amide bonds. The molecule has 1 atom stereocenters. The Morgan fingerprint density at radius 2 is 2.07 bits per heavy atom. The van der Waals surface area contributed by atoms with Crippen molar-refractivity contribution < 1.29 is 9.84 Å². The van der Waals surface area contributed by atoms with Gasteiger partial charge in [-0.1, -0.05) is 24.3 Å². The minimum absolute atomic E-state index is 0.0254. The van der Waals surface area contributed by atoms with E-state index >= 15 is 0 Å². The molecule has 0 aliphatic carbocycles. The second-order valence-corrected chi connectivity index (χ2v) is 7.63. The lowest BCUT2D eigenvalue weighted by atomic mass is 10.0. The standard InChI is InChI=1S/C22H24N6O2/c1-14-13-30-10-9-28(14)19-11-17(16-5-3-15(12-29)4-6-16)22-21(24-19)20(26-27(22)2)18-7-8-23-25-18/h3-8,11,14,29H,9-10,12-13H2,1-2H3,(H,23,25)/t14-/m1/s1. The molecule has 4 aromatic rings. The van der Waals surface area contributed by atoms with E-state index in [1.807, 2.05) is 42.1 Å². The predicted molar refractivity (Wildman–Crippen MR) is 115 cm³/mol. The summed E-state index contributed by atoms with van der Waals surface area (Å²) in [6.07, 6.45) is 1.79. The number of benzene rings is 1. The number of fused-ring (bicyclic) bond motifs is 1. The van der Waals surface area contributed by atoms with E-state index < -0.39 is 0 Å². The van der Waals surface area contributed by atoms with Crippen molar-refractivity contribution in [2.75, 3.05) is 24.7 Å². The Morgan fingerprint density at radius 1 is 1.23 bits per heavy atom. The van der Waals surface area contributed by atoms with E-state index in [-0.39, 0.29) is 12.6 Å². The third kappa shape index (κ3) is 3.14. The molecule has 1 aliphatic heterocycles. The van der Waals surface area contributed by atoms with Crippen molar-refractivity contribution in [2.24, 2.45) is 7.05 Å². The third-order valence-electron chi connectivity index (χ3n) is 5.63. The number of nitrogens with one attached hydrogen (secondary N) is 1. The summed E-state index contributed by atoms with van der Waals surface area (Å²) in [5.74, 6) is 0.907. The van der Waals surface area contributed by atoms with Crippen molar-refractivity contribution in [3.63, 3.8) is 0 Å². The van der Waals surface area contributed by atoms with Crippen LogP contribution < -0.4 is 4.90 Å². The number of aromatic amines is 1. The number of hydrogen-bond acceptors (Lipinski definition) is 6. The number of morpholine rings is 1. The van der Waals surface area contributed by atoms with Gasteiger partial charge in [-0.25, -0.2) is 4.98 Å². The van der Waals surface area contributed by atoms with Crippen LogP contribution in [0.3, 0.4) is 0 Å². The largest absolute Gasteiger partial charge is 0.392 e.